The Hall–Kier alpha value is -2.93. The summed E-state index contributed by atoms with van der Waals surface area (Å²) < 4.78 is 6.04. The minimum Gasteiger partial charge on any atom is -0.460 e. The number of nitrogens with one attached hydrogen (secondary N) is 1. The van der Waals surface area contributed by atoms with Gasteiger partial charge in [-0.2, -0.15) is 0 Å². The summed E-state index contributed by atoms with van der Waals surface area (Å²) in [6.07, 6.45) is 4.68. The molecular formula is C24H23ClN4O2. The molecule has 3 aromatic heterocycles. The highest BCUT2D eigenvalue weighted by Crippen LogP contribution is 2.26. The number of benzene rings is 1. The number of carbonyl (C=O) groups excluding carboxylic acids is 1. The van der Waals surface area contributed by atoms with Gasteiger partial charge in [0.05, 0.1) is 12.6 Å². The van der Waals surface area contributed by atoms with Crippen molar-refractivity contribution in [2.45, 2.75) is 19.1 Å². The molecule has 6 nitrogen and oxygen atoms in total. The van der Waals surface area contributed by atoms with Crippen molar-refractivity contribution in [2.75, 3.05) is 19.6 Å². The monoisotopic (exact) mass is 434 g/mol. The fourth-order valence-corrected chi connectivity index (χ4v) is 4.38. The van der Waals surface area contributed by atoms with E-state index in [0.717, 1.165) is 53.1 Å². The predicted octanol–water partition coefficient (Wildman–Crippen LogP) is 4.36. The molecule has 0 spiro atoms. The van der Waals surface area contributed by atoms with E-state index >= 15 is 0 Å². The van der Waals surface area contributed by atoms with E-state index in [0.29, 0.717) is 24.7 Å². The summed E-state index contributed by atoms with van der Waals surface area (Å²) in [6, 6.07) is 15.5. The maximum Gasteiger partial charge on any atom is 0.138 e. The van der Waals surface area contributed by atoms with Gasteiger partial charge in [-0.05, 0) is 36.4 Å². The van der Waals surface area contributed by atoms with Crippen LogP contribution in [0, 0.1) is 0 Å². The smallest absolute Gasteiger partial charge is 0.138 e. The number of nitrogens with zero attached hydrogens (tertiary/aromatic N) is 3. The first-order valence-corrected chi connectivity index (χ1v) is 10.7. The average Bonchev–Trinajstić information content (AvgIpc) is 3.41. The number of hydrogen-bond acceptors (Lipinski definition) is 5. The molecule has 0 aliphatic carbocycles. The van der Waals surface area contributed by atoms with Crippen LogP contribution in [0.2, 0.25) is 5.02 Å². The first kappa shape index (κ1) is 20.0. The van der Waals surface area contributed by atoms with Crippen molar-refractivity contribution in [3.05, 3.63) is 77.4 Å². The fraction of sp³-hybridized carbons (Fsp3) is 0.250. The van der Waals surface area contributed by atoms with Crippen LogP contribution in [0.1, 0.15) is 11.5 Å². The van der Waals surface area contributed by atoms with Crippen LogP contribution in [-0.4, -0.2) is 51.7 Å². The fourth-order valence-electron chi connectivity index (χ4n) is 4.19. The van der Waals surface area contributed by atoms with E-state index in [2.05, 4.69) is 25.8 Å². The first-order chi connectivity index (χ1) is 15.2. The molecule has 1 aromatic carbocycles. The van der Waals surface area contributed by atoms with E-state index in [9.17, 15) is 4.79 Å². The molecule has 0 saturated carbocycles. The number of carbonyl (C=O) groups is 1. The third-order valence-electron chi connectivity index (χ3n) is 5.78. The molecule has 1 N–H and O–H groups in total. The van der Waals surface area contributed by atoms with Crippen molar-refractivity contribution in [2.24, 2.45) is 0 Å². The molecule has 4 aromatic rings. The van der Waals surface area contributed by atoms with Crippen molar-refractivity contribution >= 4 is 28.8 Å². The van der Waals surface area contributed by atoms with Crippen molar-refractivity contribution < 1.29 is 9.21 Å². The van der Waals surface area contributed by atoms with Crippen LogP contribution < -0.4 is 0 Å². The molecule has 0 bridgehead atoms. The number of rotatable bonds is 6. The van der Waals surface area contributed by atoms with Crippen molar-refractivity contribution in [3.8, 4) is 11.3 Å². The summed E-state index contributed by atoms with van der Waals surface area (Å²) in [5.41, 5.74) is 3.13. The zero-order valence-corrected chi connectivity index (χ0v) is 17.8. The van der Waals surface area contributed by atoms with Gasteiger partial charge >= 0.3 is 0 Å². The highest BCUT2D eigenvalue weighted by molar-refractivity contribution is 6.30. The van der Waals surface area contributed by atoms with Crippen LogP contribution in [0.15, 0.2) is 65.3 Å². The number of H-pyrrole nitrogens is 1. The van der Waals surface area contributed by atoms with Crippen LogP contribution >= 0.6 is 11.6 Å². The van der Waals surface area contributed by atoms with E-state index in [1.165, 1.54) is 0 Å². The predicted molar refractivity (Wildman–Crippen MR) is 121 cm³/mol. The normalized spacial score (nSPS) is 17.9. The van der Waals surface area contributed by atoms with Gasteiger partial charge < -0.3 is 14.2 Å². The summed E-state index contributed by atoms with van der Waals surface area (Å²) in [4.78, 5) is 23.9. The second-order valence-corrected chi connectivity index (χ2v) is 8.38. The Balaban J connectivity index is 1.23. The molecule has 0 amide bonds. The third kappa shape index (κ3) is 4.42. The lowest BCUT2D eigenvalue weighted by Gasteiger charge is -2.38. The zero-order valence-electron chi connectivity index (χ0n) is 17.0. The summed E-state index contributed by atoms with van der Waals surface area (Å²) in [5.74, 6) is 1.69. The lowest BCUT2D eigenvalue weighted by Crippen LogP contribution is -2.53. The molecule has 4 heterocycles. The Morgan fingerprint density at radius 1 is 1.16 bits per heavy atom. The SMILES string of the molecule is O=CC1CN(Cc2ccc(-c3cccc(Cl)c3)o2)CCN1Cc1cc2cnccc2[nH]1. The summed E-state index contributed by atoms with van der Waals surface area (Å²) in [7, 11) is 0. The number of halogens is 1. The van der Waals surface area contributed by atoms with E-state index in [1.807, 2.05) is 48.7 Å². The number of pyridine rings is 1. The molecule has 0 radical (unpaired) electrons. The Morgan fingerprint density at radius 3 is 2.94 bits per heavy atom. The van der Waals surface area contributed by atoms with Gasteiger partial charge in [-0.3, -0.25) is 14.8 Å². The van der Waals surface area contributed by atoms with Gasteiger partial charge in [0, 0.05) is 65.8 Å². The molecule has 31 heavy (non-hydrogen) atoms. The molecular weight excluding hydrogens is 412 g/mol. The maximum atomic E-state index is 11.8. The third-order valence-corrected chi connectivity index (χ3v) is 6.01. The highest BCUT2D eigenvalue weighted by Gasteiger charge is 2.27. The molecule has 158 valence electrons. The highest BCUT2D eigenvalue weighted by atomic mass is 35.5. The zero-order chi connectivity index (χ0) is 21.2. The van der Waals surface area contributed by atoms with E-state index < -0.39 is 0 Å². The van der Waals surface area contributed by atoms with Crippen LogP contribution in [0.3, 0.4) is 0 Å². The largest absolute Gasteiger partial charge is 0.460 e. The Kier molecular flexibility index (Phi) is 5.59. The molecule has 1 saturated heterocycles. The quantitative estimate of drug-likeness (QED) is 0.457. The van der Waals surface area contributed by atoms with Crippen LogP contribution in [-0.2, 0) is 17.9 Å². The molecule has 1 atom stereocenters. The topological polar surface area (TPSA) is 65.4 Å². The van der Waals surface area contributed by atoms with Gasteiger partial charge in [0.1, 0.15) is 17.8 Å². The minimum atomic E-state index is -0.152. The average molecular weight is 435 g/mol. The van der Waals surface area contributed by atoms with Gasteiger partial charge in [-0.15, -0.1) is 0 Å². The number of furan rings is 1. The minimum absolute atomic E-state index is 0.152. The molecule has 1 aliphatic rings. The lowest BCUT2D eigenvalue weighted by atomic mass is 10.1. The number of hydrogen-bond donors (Lipinski definition) is 1. The number of fused-ring (bicyclic) bond motifs is 1. The number of aromatic amines is 1. The Labute approximate surface area is 185 Å². The second-order valence-electron chi connectivity index (χ2n) is 7.94. The van der Waals surface area contributed by atoms with Crippen LogP contribution in [0.25, 0.3) is 22.2 Å². The standard InChI is InChI=1S/C24H23ClN4O2/c25-19-3-1-2-17(10-19)24-5-4-22(31-24)15-28-8-9-29(21(14-28)16-30)13-20-11-18-12-26-7-6-23(18)27-20/h1-7,10-12,16,21,27H,8-9,13-15H2. The lowest BCUT2D eigenvalue weighted by molar-refractivity contribution is -0.115. The van der Waals surface area contributed by atoms with Gasteiger partial charge in [0.2, 0.25) is 0 Å². The van der Waals surface area contributed by atoms with Crippen molar-refractivity contribution in [1.82, 2.24) is 19.8 Å². The Bertz CT molecular complexity index is 1170. The molecule has 7 heteroatoms. The van der Waals surface area contributed by atoms with Crippen LogP contribution in [0.5, 0.6) is 0 Å². The number of aromatic nitrogens is 2. The van der Waals surface area contributed by atoms with Gasteiger partial charge in [0.15, 0.2) is 0 Å². The summed E-state index contributed by atoms with van der Waals surface area (Å²) in [6.45, 7) is 3.76. The van der Waals surface area contributed by atoms with Crippen LogP contribution in [0.4, 0.5) is 0 Å². The molecule has 1 aliphatic heterocycles. The van der Waals surface area contributed by atoms with E-state index in [1.54, 1.807) is 6.20 Å². The van der Waals surface area contributed by atoms with Crippen molar-refractivity contribution in [1.29, 1.82) is 0 Å². The van der Waals surface area contributed by atoms with Gasteiger partial charge in [-0.1, -0.05) is 23.7 Å². The summed E-state index contributed by atoms with van der Waals surface area (Å²) in [5, 5.41) is 1.78. The molecule has 5 rings (SSSR count). The maximum absolute atomic E-state index is 11.8. The molecule has 1 fully saturated rings. The van der Waals surface area contributed by atoms with Gasteiger partial charge in [-0.25, -0.2) is 0 Å². The Morgan fingerprint density at radius 2 is 2.10 bits per heavy atom. The number of aldehydes is 1. The van der Waals surface area contributed by atoms with Crippen molar-refractivity contribution in [3.63, 3.8) is 0 Å². The van der Waals surface area contributed by atoms with E-state index in [4.69, 9.17) is 16.0 Å². The van der Waals surface area contributed by atoms with Gasteiger partial charge in [0.25, 0.3) is 0 Å². The first-order valence-electron chi connectivity index (χ1n) is 10.4. The van der Waals surface area contributed by atoms with E-state index in [-0.39, 0.29) is 6.04 Å². The second kappa shape index (κ2) is 8.67. The summed E-state index contributed by atoms with van der Waals surface area (Å²) >= 11 is 6.09. The molecule has 1 unspecified atom stereocenters. The number of piperazine rings is 1.